The van der Waals surface area contributed by atoms with Crippen LogP contribution in [0.25, 0.3) is 21.5 Å². The van der Waals surface area contributed by atoms with Crippen molar-refractivity contribution in [3.63, 3.8) is 0 Å². The first-order valence-electron chi connectivity index (χ1n) is 5.68. The van der Waals surface area contributed by atoms with Gasteiger partial charge in [-0.15, -0.1) is 0 Å². The van der Waals surface area contributed by atoms with E-state index in [0.29, 0.717) is 5.75 Å². The summed E-state index contributed by atoms with van der Waals surface area (Å²) < 4.78 is 4.99. The molecule has 0 saturated carbocycles. The molecule has 0 amide bonds. The maximum Gasteiger partial charge on any atom is 0.707 e. The van der Waals surface area contributed by atoms with Gasteiger partial charge in [-0.25, -0.2) is 0 Å². The van der Waals surface area contributed by atoms with Crippen LogP contribution in [0.2, 0.25) is 0 Å². The molecule has 0 spiro atoms. The number of hydrogen-bond acceptors (Lipinski definition) is 3. The van der Waals surface area contributed by atoms with E-state index in [-0.39, 0.29) is 0 Å². The third-order valence-corrected chi connectivity index (χ3v) is 2.94. The van der Waals surface area contributed by atoms with Crippen LogP contribution in [0, 0.1) is 0 Å². The third kappa shape index (κ3) is 1.92. The fourth-order valence-electron chi connectivity index (χ4n) is 2.15. The minimum atomic E-state index is -1.80. The Balaban J connectivity index is 2.29. The molecule has 3 nitrogen and oxygen atoms in total. The van der Waals surface area contributed by atoms with Crippen molar-refractivity contribution in [2.75, 3.05) is 0 Å². The van der Waals surface area contributed by atoms with Crippen LogP contribution in [-0.2, 0) is 0 Å². The lowest BCUT2D eigenvalue weighted by molar-refractivity contribution is 0.289. The van der Waals surface area contributed by atoms with Gasteiger partial charge >= 0.3 is 7.32 Å². The molecule has 0 heterocycles. The lowest BCUT2D eigenvalue weighted by Gasteiger charge is -2.09. The van der Waals surface area contributed by atoms with Gasteiger partial charge in [0.2, 0.25) is 0 Å². The molecule has 0 aromatic heterocycles. The minimum absolute atomic E-state index is 0.466. The maximum absolute atomic E-state index is 8.91. The predicted molar refractivity (Wildman–Crippen MR) is 72.3 cm³/mol. The standard InChI is InChI=1S/C14H11BO3/c16-15(17)18-14-7-3-6-12-8-10-4-1-2-5-11(10)9-13(12)14/h1-9,16-17H. The zero-order valence-corrected chi connectivity index (χ0v) is 9.58. The second-order valence-electron chi connectivity index (χ2n) is 4.12. The van der Waals surface area contributed by atoms with Gasteiger partial charge in [-0.3, -0.25) is 0 Å². The van der Waals surface area contributed by atoms with E-state index in [4.69, 9.17) is 14.7 Å². The van der Waals surface area contributed by atoms with Crippen molar-refractivity contribution in [3.05, 3.63) is 54.6 Å². The summed E-state index contributed by atoms with van der Waals surface area (Å²) in [6, 6.07) is 17.6. The first-order chi connectivity index (χ1) is 8.74. The van der Waals surface area contributed by atoms with E-state index in [1.54, 1.807) is 6.07 Å². The van der Waals surface area contributed by atoms with Crippen LogP contribution in [0.5, 0.6) is 5.75 Å². The van der Waals surface area contributed by atoms with Gasteiger partial charge in [0.15, 0.2) is 0 Å². The molecule has 0 atom stereocenters. The van der Waals surface area contributed by atoms with Crippen molar-refractivity contribution in [3.8, 4) is 5.75 Å². The van der Waals surface area contributed by atoms with Gasteiger partial charge in [0, 0.05) is 5.39 Å². The molecule has 0 bridgehead atoms. The molecule has 0 fully saturated rings. The van der Waals surface area contributed by atoms with E-state index in [2.05, 4.69) is 6.07 Å². The van der Waals surface area contributed by atoms with E-state index in [0.717, 1.165) is 21.5 Å². The summed E-state index contributed by atoms with van der Waals surface area (Å²) in [5.74, 6) is 0.466. The number of fused-ring (bicyclic) bond motifs is 2. The van der Waals surface area contributed by atoms with Crippen LogP contribution in [-0.4, -0.2) is 17.4 Å². The van der Waals surface area contributed by atoms with E-state index in [9.17, 15) is 0 Å². The summed E-state index contributed by atoms with van der Waals surface area (Å²) in [6.45, 7) is 0. The van der Waals surface area contributed by atoms with Crippen LogP contribution < -0.4 is 4.65 Å². The van der Waals surface area contributed by atoms with Gasteiger partial charge in [0.1, 0.15) is 5.75 Å². The van der Waals surface area contributed by atoms with Gasteiger partial charge in [-0.2, -0.15) is 0 Å². The predicted octanol–water partition coefficient (Wildman–Crippen LogP) is 2.34. The molecule has 0 unspecified atom stereocenters. The van der Waals surface area contributed by atoms with Crippen LogP contribution in [0.1, 0.15) is 0 Å². The zero-order valence-electron chi connectivity index (χ0n) is 9.58. The average molecular weight is 238 g/mol. The number of hydrogen-bond donors (Lipinski definition) is 2. The summed E-state index contributed by atoms with van der Waals surface area (Å²) in [6.07, 6.45) is 0. The van der Waals surface area contributed by atoms with Crippen LogP contribution in [0.4, 0.5) is 0 Å². The van der Waals surface area contributed by atoms with E-state index < -0.39 is 7.32 Å². The summed E-state index contributed by atoms with van der Waals surface area (Å²) in [4.78, 5) is 0. The Bertz CT molecular complexity index is 710. The Labute approximate surface area is 104 Å². The molecule has 3 aromatic rings. The van der Waals surface area contributed by atoms with Crippen molar-refractivity contribution < 1.29 is 14.7 Å². The van der Waals surface area contributed by atoms with E-state index in [1.807, 2.05) is 42.5 Å². The number of rotatable bonds is 2. The lowest BCUT2D eigenvalue weighted by Crippen LogP contribution is -2.20. The van der Waals surface area contributed by atoms with Crippen LogP contribution in [0.15, 0.2) is 54.6 Å². The fraction of sp³-hybridized carbons (Fsp3) is 0. The maximum atomic E-state index is 8.91. The van der Waals surface area contributed by atoms with E-state index in [1.165, 1.54) is 0 Å². The molecular formula is C14H11BO3. The molecule has 18 heavy (non-hydrogen) atoms. The molecule has 0 aliphatic heterocycles. The second kappa shape index (κ2) is 4.33. The molecule has 0 aliphatic carbocycles. The summed E-state index contributed by atoms with van der Waals surface area (Å²) in [5.41, 5.74) is 0. The smallest absolute Gasteiger partial charge is 0.512 e. The van der Waals surface area contributed by atoms with Gasteiger partial charge in [-0.05, 0) is 34.4 Å². The summed E-state index contributed by atoms with van der Waals surface area (Å²) >= 11 is 0. The normalized spacial score (nSPS) is 10.8. The monoisotopic (exact) mass is 238 g/mol. The second-order valence-corrected chi connectivity index (χ2v) is 4.12. The van der Waals surface area contributed by atoms with E-state index >= 15 is 0 Å². The molecule has 0 radical (unpaired) electrons. The van der Waals surface area contributed by atoms with Crippen molar-refractivity contribution in [2.45, 2.75) is 0 Å². The van der Waals surface area contributed by atoms with Crippen molar-refractivity contribution in [1.29, 1.82) is 0 Å². The van der Waals surface area contributed by atoms with Gasteiger partial charge in [0.05, 0.1) is 0 Å². The SMILES string of the molecule is OB(O)Oc1cccc2cc3ccccc3cc12. The molecule has 3 aromatic carbocycles. The Morgan fingerprint density at radius 1 is 0.778 bits per heavy atom. The first-order valence-corrected chi connectivity index (χ1v) is 5.68. The van der Waals surface area contributed by atoms with Gasteiger partial charge in [0.25, 0.3) is 0 Å². The molecule has 88 valence electrons. The van der Waals surface area contributed by atoms with Gasteiger partial charge < -0.3 is 14.7 Å². The quantitative estimate of drug-likeness (QED) is 0.532. The summed E-state index contributed by atoms with van der Waals surface area (Å²) in [5, 5.41) is 21.9. The molecule has 4 heteroatoms. The zero-order chi connectivity index (χ0) is 12.5. The number of benzene rings is 3. The Morgan fingerprint density at radius 3 is 2.17 bits per heavy atom. The Hall–Kier alpha value is -2.04. The topological polar surface area (TPSA) is 49.7 Å². The highest BCUT2D eigenvalue weighted by atomic mass is 16.6. The fourth-order valence-corrected chi connectivity index (χ4v) is 2.15. The van der Waals surface area contributed by atoms with Crippen molar-refractivity contribution in [1.82, 2.24) is 0 Å². The average Bonchev–Trinajstić information content (AvgIpc) is 2.36. The highest BCUT2D eigenvalue weighted by Gasteiger charge is 2.13. The Morgan fingerprint density at radius 2 is 1.44 bits per heavy atom. The Kier molecular flexibility index (Phi) is 2.66. The summed E-state index contributed by atoms with van der Waals surface area (Å²) in [7, 11) is -1.80. The lowest BCUT2D eigenvalue weighted by atomic mass is 10.0. The minimum Gasteiger partial charge on any atom is -0.512 e. The van der Waals surface area contributed by atoms with Crippen LogP contribution >= 0.6 is 0 Å². The van der Waals surface area contributed by atoms with Crippen molar-refractivity contribution in [2.24, 2.45) is 0 Å². The first kappa shape index (κ1) is 11.1. The third-order valence-electron chi connectivity index (χ3n) is 2.94. The molecule has 2 N–H and O–H groups in total. The molecule has 0 saturated heterocycles. The highest BCUT2D eigenvalue weighted by Crippen LogP contribution is 2.29. The molecular weight excluding hydrogens is 227 g/mol. The molecule has 0 aliphatic rings. The molecule has 3 rings (SSSR count). The highest BCUT2D eigenvalue weighted by molar-refractivity contribution is 6.34. The van der Waals surface area contributed by atoms with Crippen LogP contribution in [0.3, 0.4) is 0 Å². The van der Waals surface area contributed by atoms with Crippen molar-refractivity contribution >= 4 is 28.9 Å². The van der Waals surface area contributed by atoms with Gasteiger partial charge in [-0.1, -0.05) is 36.4 Å². The largest absolute Gasteiger partial charge is 0.707 e.